The Morgan fingerprint density at radius 1 is 1.14 bits per heavy atom. The third kappa shape index (κ3) is 4.18. The number of aromatic nitrogens is 5. The van der Waals surface area contributed by atoms with Crippen LogP contribution in [0, 0.1) is 12.7 Å². The number of para-hydroxylation sites is 1. The van der Waals surface area contributed by atoms with Crippen LogP contribution >= 0.6 is 0 Å². The fourth-order valence-corrected chi connectivity index (χ4v) is 4.20. The van der Waals surface area contributed by atoms with Crippen molar-refractivity contribution >= 4 is 17.3 Å². The van der Waals surface area contributed by atoms with E-state index in [1.807, 2.05) is 24.3 Å². The molecule has 0 atom stereocenters. The molecule has 0 fully saturated rings. The van der Waals surface area contributed by atoms with Crippen LogP contribution in [0.3, 0.4) is 0 Å². The van der Waals surface area contributed by atoms with E-state index in [1.54, 1.807) is 50.1 Å². The van der Waals surface area contributed by atoms with E-state index in [1.165, 1.54) is 6.20 Å². The maximum absolute atomic E-state index is 13.7. The molecular weight excluding hydrogens is 449 g/mol. The minimum Gasteiger partial charge on any atom is -0.494 e. The largest absolute Gasteiger partial charge is 0.494 e. The predicted molar refractivity (Wildman–Crippen MR) is 128 cm³/mol. The highest BCUT2D eigenvalue weighted by Gasteiger charge is 2.30. The number of halogens is 1. The van der Waals surface area contributed by atoms with Gasteiger partial charge in [0.2, 0.25) is 0 Å². The van der Waals surface area contributed by atoms with E-state index in [0.29, 0.717) is 58.4 Å². The molecule has 1 aromatic carbocycles. The summed E-state index contributed by atoms with van der Waals surface area (Å²) >= 11 is 0. The molecule has 10 heteroatoms. The lowest BCUT2D eigenvalue weighted by Crippen LogP contribution is -2.18. The monoisotopic (exact) mass is 473 g/mol. The first-order chi connectivity index (χ1) is 16.8. The zero-order valence-corrected chi connectivity index (χ0v) is 19.8. The highest BCUT2D eigenvalue weighted by molar-refractivity contribution is 6.03. The number of anilines is 2. The Hall–Kier alpha value is -4.34. The quantitative estimate of drug-likeness (QED) is 0.456. The average molecular weight is 474 g/mol. The number of carbonyl (C=O) groups excluding carboxylic acids is 1. The van der Waals surface area contributed by atoms with Crippen LogP contribution in [0.4, 0.5) is 15.8 Å². The van der Waals surface area contributed by atoms with Crippen LogP contribution in [-0.2, 0) is 20.0 Å². The second-order valence-corrected chi connectivity index (χ2v) is 8.50. The standard InChI is InChI=1S/C25H24FN7O2/c1-14-8-15(27-11-18(14)26)9-16-10-20(22-21(29-16)12-32(2)25(22)34)30-19-7-5-6-17(23(19)35-4)24-28-13-33(3)31-24/h5-8,10-11,13H,9,12H2,1-4H3,(H,29,30). The second-order valence-electron chi connectivity index (χ2n) is 8.50. The Morgan fingerprint density at radius 2 is 1.97 bits per heavy atom. The van der Waals surface area contributed by atoms with Gasteiger partial charge in [-0.05, 0) is 36.8 Å². The number of methoxy groups -OCH3 is 1. The van der Waals surface area contributed by atoms with Gasteiger partial charge in [0.1, 0.15) is 12.1 Å². The number of hydrogen-bond acceptors (Lipinski definition) is 7. The molecule has 0 saturated heterocycles. The van der Waals surface area contributed by atoms with Gasteiger partial charge in [0.25, 0.3) is 5.91 Å². The molecule has 0 spiro atoms. The van der Waals surface area contributed by atoms with Crippen molar-refractivity contribution in [1.82, 2.24) is 29.6 Å². The molecule has 4 aromatic rings. The molecule has 9 nitrogen and oxygen atoms in total. The van der Waals surface area contributed by atoms with Gasteiger partial charge in [-0.25, -0.2) is 9.37 Å². The molecular formula is C25H24FN7O2. The van der Waals surface area contributed by atoms with Crippen LogP contribution in [0.5, 0.6) is 5.75 Å². The van der Waals surface area contributed by atoms with E-state index in [9.17, 15) is 9.18 Å². The number of benzene rings is 1. The van der Waals surface area contributed by atoms with E-state index in [4.69, 9.17) is 9.72 Å². The Balaban J connectivity index is 1.57. The molecule has 35 heavy (non-hydrogen) atoms. The van der Waals surface area contributed by atoms with Crippen molar-refractivity contribution in [3.8, 4) is 17.1 Å². The molecule has 5 rings (SSSR count). The number of hydrogen-bond donors (Lipinski definition) is 1. The molecule has 1 aliphatic heterocycles. The highest BCUT2D eigenvalue weighted by Crippen LogP contribution is 2.38. The van der Waals surface area contributed by atoms with Gasteiger partial charge in [-0.2, -0.15) is 5.10 Å². The van der Waals surface area contributed by atoms with Gasteiger partial charge in [0, 0.05) is 31.9 Å². The summed E-state index contributed by atoms with van der Waals surface area (Å²) in [5.74, 6) is 0.626. The number of aryl methyl sites for hydroxylation is 2. The molecule has 0 radical (unpaired) electrons. The fraction of sp³-hybridized carbons (Fsp3) is 0.240. The van der Waals surface area contributed by atoms with Crippen LogP contribution in [0.15, 0.2) is 42.9 Å². The number of ether oxygens (including phenoxy) is 1. The van der Waals surface area contributed by atoms with Crippen molar-refractivity contribution in [1.29, 1.82) is 0 Å². The van der Waals surface area contributed by atoms with Crippen LogP contribution in [0.1, 0.15) is 33.0 Å². The van der Waals surface area contributed by atoms with Crippen molar-refractivity contribution in [2.75, 3.05) is 19.5 Å². The third-order valence-electron chi connectivity index (χ3n) is 5.89. The minimum atomic E-state index is -0.348. The van der Waals surface area contributed by atoms with Crippen LogP contribution in [-0.4, -0.2) is 49.7 Å². The molecule has 1 aliphatic rings. The van der Waals surface area contributed by atoms with E-state index < -0.39 is 0 Å². The molecule has 1 N–H and O–H groups in total. The summed E-state index contributed by atoms with van der Waals surface area (Å²) < 4.78 is 21.0. The number of nitrogens with zero attached hydrogens (tertiary/aromatic N) is 6. The average Bonchev–Trinajstić information content (AvgIpc) is 3.38. The minimum absolute atomic E-state index is 0.112. The third-order valence-corrected chi connectivity index (χ3v) is 5.89. The predicted octanol–water partition coefficient (Wildman–Crippen LogP) is 3.65. The lowest BCUT2D eigenvalue weighted by atomic mass is 10.1. The van der Waals surface area contributed by atoms with E-state index in [0.717, 1.165) is 11.3 Å². The molecule has 178 valence electrons. The zero-order chi connectivity index (χ0) is 24.7. The number of carbonyl (C=O) groups is 1. The lowest BCUT2D eigenvalue weighted by molar-refractivity contribution is 0.0817. The van der Waals surface area contributed by atoms with Gasteiger partial charge in [-0.3, -0.25) is 19.4 Å². The van der Waals surface area contributed by atoms with Crippen molar-refractivity contribution < 1.29 is 13.9 Å². The SMILES string of the molecule is COc1c(Nc2cc(Cc3cc(C)c(F)cn3)nc3c2C(=O)N(C)C3)cccc1-c1ncn(C)n1. The van der Waals surface area contributed by atoms with Crippen molar-refractivity contribution in [3.63, 3.8) is 0 Å². The molecule has 1 amide bonds. The zero-order valence-electron chi connectivity index (χ0n) is 19.8. The van der Waals surface area contributed by atoms with Crippen molar-refractivity contribution in [3.05, 3.63) is 76.9 Å². The maximum Gasteiger partial charge on any atom is 0.257 e. The second kappa shape index (κ2) is 8.79. The molecule has 4 heterocycles. The van der Waals surface area contributed by atoms with Gasteiger partial charge in [0.05, 0.1) is 48.0 Å². The molecule has 0 aliphatic carbocycles. The van der Waals surface area contributed by atoms with Crippen LogP contribution in [0.2, 0.25) is 0 Å². The number of fused-ring (bicyclic) bond motifs is 1. The first-order valence-corrected chi connectivity index (χ1v) is 11.0. The molecule has 0 unspecified atom stereocenters. The van der Waals surface area contributed by atoms with Crippen LogP contribution < -0.4 is 10.1 Å². The van der Waals surface area contributed by atoms with Gasteiger partial charge in [0.15, 0.2) is 11.6 Å². The van der Waals surface area contributed by atoms with E-state index in [-0.39, 0.29) is 11.7 Å². The van der Waals surface area contributed by atoms with Crippen molar-refractivity contribution in [2.24, 2.45) is 7.05 Å². The number of amides is 1. The van der Waals surface area contributed by atoms with E-state index in [2.05, 4.69) is 20.4 Å². The topological polar surface area (TPSA) is 98.1 Å². The summed E-state index contributed by atoms with van der Waals surface area (Å²) in [5, 5.41) is 7.77. The van der Waals surface area contributed by atoms with Crippen LogP contribution in [0.25, 0.3) is 11.4 Å². The Kier molecular flexibility index (Phi) is 5.64. The Labute approximate surface area is 201 Å². The smallest absolute Gasteiger partial charge is 0.257 e. The lowest BCUT2D eigenvalue weighted by Gasteiger charge is -2.16. The number of pyridine rings is 2. The van der Waals surface area contributed by atoms with Gasteiger partial charge in [-0.15, -0.1) is 0 Å². The van der Waals surface area contributed by atoms with E-state index >= 15 is 0 Å². The summed E-state index contributed by atoms with van der Waals surface area (Å²) in [4.78, 5) is 27.8. The maximum atomic E-state index is 13.7. The summed E-state index contributed by atoms with van der Waals surface area (Å²) in [5.41, 5.74) is 5.13. The Bertz CT molecular complexity index is 1450. The van der Waals surface area contributed by atoms with Gasteiger partial charge < -0.3 is 15.0 Å². The normalized spacial score (nSPS) is 12.7. The van der Waals surface area contributed by atoms with Gasteiger partial charge >= 0.3 is 0 Å². The van der Waals surface area contributed by atoms with Gasteiger partial charge in [-0.1, -0.05) is 6.07 Å². The van der Waals surface area contributed by atoms with Crippen molar-refractivity contribution in [2.45, 2.75) is 19.9 Å². The molecule has 3 aromatic heterocycles. The molecule has 0 saturated carbocycles. The fourth-order valence-electron chi connectivity index (χ4n) is 4.20. The Morgan fingerprint density at radius 3 is 2.69 bits per heavy atom. The number of rotatable bonds is 6. The molecule has 0 bridgehead atoms. The summed E-state index contributed by atoms with van der Waals surface area (Å²) in [6.45, 7) is 2.11. The summed E-state index contributed by atoms with van der Waals surface area (Å²) in [7, 11) is 5.12. The number of nitrogens with one attached hydrogen (secondary N) is 1. The summed E-state index contributed by atoms with van der Waals surface area (Å²) in [6, 6.07) is 9.16. The first-order valence-electron chi connectivity index (χ1n) is 11.0. The first kappa shape index (κ1) is 22.5. The highest BCUT2D eigenvalue weighted by atomic mass is 19.1. The summed E-state index contributed by atoms with van der Waals surface area (Å²) in [6.07, 6.45) is 3.24.